The van der Waals surface area contributed by atoms with Gasteiger partial charge in [-0.25, -0.2) is 9.18 Å². The Morgan fingerprint density at radius 1 is 1.54 bits per heavy atom. The van der Waals surface area contributed by atoms with Crippen molar-refractivity contribution in [2.45, 2.75) is 38.3 Å². The number of nitrogens with zero attached hydrogens (tertiary/aromatic N) is 4. The number of alkyl carbamates (subject to hydrolysis) is 1. The third-order valence-corrected chi connectivity index (χ3v) is 5.59. The number of carbonyl (C=O) groups is 1. The number of thioether (sulfide) groups is 1. The van der Waals surface area contributed by atoms with Gasteiger partial charge in [0.15, 0.2) is 5.17 Å². The van der Waals surface area contributed by atoms with Gasteiger partial charge in [-0.05, 0) is 44.0 Å². The van der Waals surface area contributed by atoms with Crippen LogP contribution >= 0.6 is 11.8 Å². The number of halogens is 1. The van der Waals surface area contributed by atoms with Crippen LogP contribution in [0.4, 0.5) is 14.9 Å². The standard InChI is InChI=1S/C18H22FN5O3S/c1-17(2,3)27-16(25)21-15-22-18(6-7-26-9-12(18)10-28-15)11-4-5-13(19)14(8-11)23-24-20/h4-5,8,12H,6-7,9-10H2,1-3H3,(H,21,22,25)/t12?,18-/m1/s1. The molecule has 1 unspecified atom stereocenters. The van der Waals surface area contributed by atoms with E-state index in [-0.39, 0.29) is 11.6 Å². The second-order valence-corrected chi connectivity index (χ2v) is 8.67. The van der Waals surface area contributed by atoms with Gasteiger partial charge in [-0.1, -0.05) is 22.9 Å². The van der Waals surface area contributed by atoms with E-state index in [1.165, 1.54) is 23.9 Å². The van der Waals surface area contributed by atoms with E-state index in [2.05, 4.69) is 15.3 Å². The van der Waals surface area contributed by atoms with Crippen LogP contribution in [0.2, 0.25) is 0 Å². The smallest absolute Gasteiger partial charge is 0.413 e. The lowest BCUT2D eigenvalue weighted by Crippen LogP contribution is -2.48. The van der Waals surface area contributed by atoms with Crippen molar-refractivity contribution in [3.05, 3.63) is 40.0 Å². The van der Waals surface area contributed by atoms with Crippen molar-refractivity contribution in [1.29, 1.82) is 0 Å². The van der Waals surface area contributed by atoms with Crippen molar-refractivity contribution in [1.82, 2.24) is 5.32 Å². The van der Waals surface area contributed by atoms with E-state index < -0.39 is 23.1 Å². The summed E-state index contributed by atoms with van der Waals surface area (Å²) in [6, 6.07) is 4.45. The summed E-state index contributed by atoms with van der Waals surface area (Å²) >= 11 is 1.42. The molecule has 0 aliphatic carbocycles. The van der Waals surface area contributed by atoms with Crippen molar-refractivity contribution < 1.29 is 18.7 Å². The van der Waals surface area contributed by atoms with E-state index in [0.717, 1.165) is 5.56 Å². The number of hydrogen-bond donors (Lipinski definition) is 1. The molecule has 1 amide bonds. The highest BCUT2D eigenvalue weighted by atomic mass is 32.2. The Kier molecular flexibility index (Phi) is 5.83. The number of hydrogen-bond acceptors (Lipinski definition) is 6. The van der Waals surface area contributed by atoms with Crippen LogP contribution in [0.5, 0.6) is 0 Å². The average Bonchev–Trinajstić information content (AvgIpc) is 2.61. The van der Waals surface area contributed by atoms with Gasteiger partial charge in [0.2, 0.25) is 0 Å². The Morgan fingerprint density at radius 3 is 3.04 bits per heavy atom. The highest BCUT2D eigenvalue weighted by Crippen LogP contribution is 2.46. The van der Waals surface area contributed by atoms with Crippen molar-refractivity contribution in [2.75, 3.05) is 19.0 Å². The molecule has 0 bridgehead atoms. The fourth-order valence-electron chi connectivity index (χ4n) is 3.33. The second kappa shape index (κ2) is 7.98. The zero-order chi connectivity index (χ0) is 20.4. The molecule has 2 heterocycles. The number of fused-ring (bicyclic) bond motifs is 1. The Balaban J connectivity index is 1.97. The first-order valence-electron chi connectivity index (χ1n) is 8.89. The third-order valence-electron chi connectivity index (χ3n) is 4.55. The number of benzene rings is 1. The van der Waals surface area contributed by atoms with E-state index >= 15 is 0 Å². The first kappa shape index (κ1) is 20.4. The van der Waals surface area contributed by atoms with E-state index in [4.69, 9.17) is 20.0 Å². The summed E-state index contributed by atoms with van der Waals surface area (Å²) in [7, 11) is 0. The van der Waals surface area contributed by atoms with Crippen molar-refractivity contribution in [2.24, 2.45) is 16.0 Å². The number of carbonyl (C=O) groups excluding carboxylic acids is 1. The van der Waals surface area contributed by atoms with Crippen molar-refractivity contribution in [3.8, 4) is 0 Å². The SMILES string of the molecule is CC(C)(C)OC(=O)NC1=N[C@@]2(c3ccc(F)c(N=[N+]=[N-])c3)CCOCC2CS1. The van der Waals surface area contributed by atoms with E-state index in [1.54, 1.807) is 26.8 Å². The van der Waals surface area contributed by atoms with Gasteiger partial charge in [-0.2, -0.15) is 0 Å². The van der Waals surface area contributed by atoms with E-state index in [0.29, 0.717) is 30.6 Å². The van der Waals surface area contributed by atoms with Crippen LogP contribution in [0, 0.1) is 11.7 Å². The molecule has 1 N–H and O–H groups in total. The molecule has 2 aliphatic heterocycles. The Hall–Kier alpha value is -2.29. The maximum Gasteiger partial charge on any atom is 0.413 e. The van der Waals surface area contributed by atoms with E-state index in [9.17, 15) is 9.18 Å². The predicted octanol–water partition coefficient (Wildman–Crippen LogP) is 4.63. The number of amidine groups is 1. The minimum atomic E-state index is -0.693. The molecule has 2 aliphatic rings. The molecule has 8 nitrogen and oxygen atoms in total. The molecule has 10 heteroatoms. The van der Waals surface area contributed by atoms with Crippen LogP contribution in [-0.4, -0.2) is 35.8 Å². The number of nitrogens with one attached hydrogen (secondary N) is 1. The third kappa shape index (κ3) is 4.40. The number of rotatable bonds is 2. The van der Waals surface area contributed by atoms with Crippen LogP contribution < -0.4 is 5.32 Å². The van der Waals surface area contributed by atoms with Crippen LogP contribution in [0.15, 0.2) is 28.3 Å². The number of ether oxygens (including phenoxy) is 2. The Morgan fingerprint density at radius 2 is 2.32 bits per heavy atom. The highest BCUT2D eigenvalue weighted by molar-refractivity contribution is 8.13. The van der Waals surface area contributed by atoms with Gasteiger partial charge in [0.25, 0.3) is 0 Å². The summed E-state index contributed by atoms with van der Waals surface area (Å²) in [5.41, 5.74) is 8.03. The van der Waals surface area contributed by atoms with E-state index in [1.807, 2.05) is 0 Å². The molecule has 1 saturated heterocycles. The minimum absolute atomic E-state index is 0.0415. The highest BCUT2D eigenvalue weighted by Gasteiger charge is 2.46. The fraction of sp³-hybridized carbons (Fsp3) is 0.556. The van der Waals surface area contributed by atoms with Gasteiger partial charge in [-0.3, -0.25) is 10.3 Å². The van der Waals surface area contributed by atoms with Gasteiger partial charge in [0.1, 0.15) is 11.4 Å². The van der Waals surface area contributed by atoms with Crippen LogP contribution in [0.25, 0.3) is 10.4 Å². The first-order chi connectivity index (χ1) is 13.2. The zero-order valence-corrected chi connectivity index (χ0v) is 16.8. The fourth-order valence-corrected chi connectivity index (χ4v) is 4.44. The van der Waals surface area contributed by atoms with Crippen LogP contribution in [0.3, 0.4) is 0 Å². The van der Waals surface area contributed by atoms with Gasteiger partial charge < -0.3 is 9.47 Å². The topological polar surface area (TPSA) is 109 Å². The molecule has 0 spiro atoms. The molecular weight excluding hydrogens is 385 g/mol. The summed E-state index contributed by atoms with van der Waals surface area (Å²) in [5, 5.41) is 6.59. The molecule has 0 aromatic heterocycles. The average molecular weight is 407 g/mol. The second-order valence-electron chi connectivity index (χ2n) is 7.66. The zero-order valence-electron chi connectivity index (χ0n) is 15.9. The normalized spacial score (nSPS) is 24.4. The summed E-state index contributed by atoms with van der Waals surface area (Å²) < 4.78 is 24.9. The summed E-state index contributed by atoms with van der Waals surface area (Å²) in [6.07, 6.45) is -0.00714. The largest absolute Gasteiger partial charge is 0.444 e. The molecule has 28 heavy (non-hydrogen) atoms. The summed E-state index contributed by atoms with van der Waals surface area (Å²) in [6.45, 7) is 6.35. The molecule has 150 valence electrons. The molecule has 1 fully saturated rings. The lowest BCUT2D eigenvalue weighted by Gasteiger charge is -2.44. The summed E-state index contributed by atoms with van der Waals surface area (Å²) in [5.74, 6) is 0.116. The predicted molar refractivity (Wildman–Crippen MR) is 105 cm³/mol. The van der Waals surface area contributed by atoms with Gasteiger partial charge >= 0.3 is 6.09 Å². The lowest BCUT2D eigenvalue weighted by molar-refractivity contribution is 0.00990. The van der Waals surface area contributed by atoms with Crippen molar-refractivity contribution >= 4 is 28.7 Å². The maximum absolute atomic E-state index is 13.9. The molecule has 1 aromatic rings. The van der Waals surface area contributed by atoms with Crippen molar-refractivity contribution in [3.63, 3.8) is 0 Å². The monoisotopic (exact) mass is 407 g/mol. The summed E-state index contributed by atoms with van der Waals surface area (Å²) in [4.78, 5) is 19.7. The molecule has 3 rings (SSSR count). The Labute approximate surface area is 166 Å². The number of azide groups is 1. The van der Waals surface area contributed by atoms with Crippen LogP contribution in [-0.2, 0) is 15.0 Å². The Bertz CT molecular complexity index is 850. The lowest BCUT2D eigenvalue weighted by atomic mass is 9.75. The molecule has 2 atom stereocenters. The van der Waals surface area contributed by atoms with Gasteiger partial charge in [-0.15, -0.1) is 0 Å². The van der Waals surface area contributed by atoms with Gasteiger partial charge in [0.05, 0.1) is 17.8 Å². The maximum atomic E-state index is 13.9. The minimum Gasteiger partial charge on any atom is -0.444 e. The molecule has 0 saturated carbocycles. The molecular formula is C18H22FN5O3S. The first-order valence-corrected chi connectivity index (χ1v) is 9.87. The number of amides is 1. The number of aliphatic imine (C=N–C) groups is 1. The quantitative estimate of drug-likeness (QED) is 0.438. The van der Waals surface area contributed by atoms with Crippen LogP contribution in [0.1, 0.15) is 32.8 Å². The molecule has 1 aromatic carbocycles. The van der Waals surface area contributed by atoms with Gasteiger partial charge in [0, 0.05) is 29.6 Å². The molecule has 0 radical (unpaired) electrons.